The first-order valence-corrected chi connectivity index (χ1v) is 10.9. The number of rotatable bonds is 9. The summed E-state index contributed by atoms with van der Waals surface area (Å²) in [6.07, 6.45) is 0. The quantitative estimate of drug-likeness (QED) is 0.320. The van der Waals surface area contributed by atoms with E-state index in [2.05, 4.69) is 16.0 Å². The van der Waals surface area contributed by atoms with Gasteiger partial charge in [-0.2, -0.15) is 0 Å². The summed E-state index contributed by atoms with van der Waals surface area (Å²) in [6, 6.07) is 22.7. The third kappa shape index (κ3) is 7.71. The van der Waals surface area contributed by atoms with Crippen molar-refractivity contribution in [3.63, 3.8) is 0 Å². The van der Waals surface area contributed by atoms with E-state index in [9.17, 15) is 9.59 Å². The Balaban J connectivity index is 1.47. The van der Waals surface area contributed by atoms with Gasteiger partial charge in [0.2, 0.25) is 0 Å². The van der Waals surface area contributed by atoms with E-state index in [0.29, 0.717) is 48.1 Å². The Bertz CT molecular complexity index is 1070. The van der Waals surface area contributed by atoms with Crippen LogP contribution in [0.5, 0.6) is 5.75 Å². The van der Waals surface area contributed by atoms with Gasteiger partial charge >= 0.3 is 0 Å². The maximum atomic E-state index is 12.4. The van der Waals surface area contributed by atoms with Crippen LogP contribution in [-0.4, -0.2) is 36.7 Å². The smallest absolute Gasteiger partial charge is 0.257 e. The molecule has 33 heavy (non-hydrogen) atoms. The van der Waals surface area contributed by atoms with Crippen LogP contribution in [0.25, 0.3) is 0 Å². The Hall–Kier alpha value is -3.75. The predicted molar refractivity (Wildman–Crippen MR) is 133 cm³/mol. The van der Waals surface area contributed by atoms with E-state index in [-0.39, 0.29) is 16.9 Å². The molecule has 0 aliphatic rings. The molecule has 0 saturated carbocycles. The first-order valence-electron chi connectivity index (χ1n) is 10.4. The second kappa shape index (κ2) is 12.3. The van der Waals surface area contributed by atoms with E-state index in [1.165, 1.54) is 0 Å². The summed E-state index contributed by atoms with van der Waals surface area (Å²) in [5.74, 6) is 0.135. The molecule has 0 radical (unpaired) electrons. The number of hydrogen-bond donors (Lipinski definition) is 3. The molecule has 0 unspecified atom stereocenters. The lowest BCUT2D eigenvalue weighted by atomic mass is 10.2. The highest BCUT2D eigenvalue weighted by molar-refractivity contribution is 7.80. The second-order valence-corrected chi connectivity index (χ2v) is 7.28. The van der Waals surface area contributed by atoms with Crippen molar-refractivity contribution in [1.29, 1.82) is 0 Å². The molecule has 0 bridgehead atoms. The molecule has 7 nitrogen and oxygen atoms in total. The Kier molecular flexibility index (Phi) is 8.93. The van der Waals surface area contributed by atoms with Gasteiger partial charge in [0.25, 0.3) is 11.8 Å². The number of hydrogen-bond acceptors (Lipinski definition) is 5. The molecule has 8 heteroatoms. The van der Waals surface area contributed by atoms with Crippen LogP contribution in [0.3, 0.4) is 0 Å². The first kappa shape index (κ1) is 23.9. The highest BCUT2D eigenvalue weighted by Crippen LogP contribution is 2.15. The van der Waals surface area contributed by atoms with Gasteiger partial charge in [0.15, 0.2) is 5.11 Å². The first-order chi connectivity index (χ1) is 16.0. The van der Waals surface area contributed by atoms with Crippen molar-refractivity contribution in [2.75, 3.05) is 30.5 Å². The molecule has 0 aliphatic heterocycles. The zero-order valence-corrected chi connectivity index (χ0v) is 19.0. The lowest BCUT2D eigenvalue weighted by Crippen LogP contribution is -2.34. The summed E-state index contributed by atoms with van der Waals surface area (Å²) in [7, 11) is 0. The minimum atomic E-state index is -0.333. The van der Waals surface area contributed by atoms with Gasteiger partial charge in [-0.25, -0.2) is 0 Å². The minimum absolute atomic E-state index is 0.165. The lowest BCUT2D eigenvalue weighted by Gasteiger charge is -2.11. The fraction of sp³-hybridized carbons (Fsp3) is 0.160. The van der Waals surface area contributed by atoms with Crippen LogP contribution >= 0.6 is 12.2 Å². The summed E-state index contributed by atoms with van der Waals surface area (Å²) < 4.78 is 10.8. The number of ether oxygens (including phenoxy) is 2. The predicted octanol–water partition coefficient (Wildman–Crippen LogP) is 4.48. The second-order valence-electron chi connectivity index (χ2n) is 6.88. The number of amides is 2. The van der Waals surface area contributed by atoms with Crippen molar-refractivity contribution >= 4 is 40.5 Å². The molecular weight excluding hydrogens is 438 g/mol. The van der Waals surface area contributed by atoms with E-state index in [1.54, 1.807) is 60.7 Å². The Morgan fingerprint density at radius 3 is 2.00 bits per heavy atom. The third-order valence-electron chi connectivity index (χ3n) is 4.48. The number of anilines is 2. The van der Waals surface area contributed by atoms with Gasteiger partial charge in [-0.15, -0.1) is 0 Å². The normalized spacial score (nSPS) is 10.2. The summed E-state index contributed by atoms with van der Waals surface area (Å²) in [5.41, 5.74) is 2.35. The molecule has 0 heterocycles. The molecule has 0 aliphatic carbocycles. The Morgan fingerprint density at radius 2 is 1.36 bits per heavy atom. The van der Waals surface area contributed by atoms with Gasteiger partial charge in [-0.05, 0) is 79.8 Å². The van der Waals surface area contributed by atoms with Crippen LogP contribution in [0, 0.1) is 0 Å². The minimum Gasteiger partial charge on any atom is -0.491 e. The molecule has 0 spiro atoms. The standard InChI is InChI=1S/C25H25N3O4S/c1-2-31-16-17-32-22-14-8-19(9-15-22)24(30)28-25(33)27-21-12-10-20(11-13-21)26-23(29)18-6-4-3-5-7-18/h3-15H,2,16-17H2,1H3,(H,26,29)(H2,27,28,30,33). The van der Waals surface area contributed by atoms with Gasteiger partial charge in [-0.1, -0.05) is 18.2 Å². The highest BCUT2D eigenvalue weighted by Gasteiger charge is 2.09. The van der Waals surface area contributed by atoms with Gasteiger partial charge in [-0.3, -0.25) is 14.9 Å². The van der Waals surface area contributed by atoms with E-state index >= 15 is 0 Å². The maximum absolute atomic E-state index is 12.4. The molecule has 2 amide bonds. The molecule has 0 saturated heterocycles. The fourth-order valence-corrected chi connectivity index (χ4v) is 3.04. The van der Waals surface area contributed by atoms with Crippen molar-refractivity contribution in [2.45, 2.75) is 6.92 Å². The molecular formula is C25H25N3O4S. The Morgan fingerprint density at radius 1 is 0.758 bits per heavy atom. The summed E-state index contributed by atoms with van der Waals surface area (Å²) >= 11 is 5.24. The fourth-order valence-electron chi connectivity index (χ4n) is 2.83. The molecule has 170 valence electrons. The molecule has 0 fully saturated rings. The number of nitrogens with one attached hydrogen (secondary N) is 3. The average Bonchev–Trinajstić information content (AvgIpc) is 2.84. The summed E-state index contributed by atoms with van der Waals surface area (Å²) in [5, 5.41) is 8.59. The van der Waals surface area contributed by atoms with Crippen LogP contribution in [0.1, 0.15) is 27.6 Å². The number of benzene rings is 3. The van der Waals surface area contributed by atoms with Gasteiger partial charge in [0.1, 0.15) is 12.4 Å². The lowest BCUT2D eigenvalue weighted by molar-refractivity contribution is 0.0975. The van der Waals surface area contributed by atoms with Crippen molar-refractivity contribution in [1.82, 2.24) is 5.32 Å². The van der Waals surface area contributed by atoms with E-state index in [4.69, 9.17) is 21.7 Å². The SMILES string of the molecule is CCOCCOc1ccc(C(=O)NC(=S)Nc2ccc(NC(=O)c3ccccc3)cc2)cc1. The van der Waals surface area contributed by atoms with Gasteiger partial charge < -0.3 is 20.1 Å². The van der Waals surface area contributed by atoms with Crippen LogP contribution in [0.2, 0.25) is 0 Å². The van der Waals surface area contributed by atoms with E-state index in [0.717, 1.165) is 0 Å². The summed E-state index contributed by atoms with van der Waals surface area (Å²) in [6.45, 7) is 3.53. The molecule has 3 aromatic rings. The largest absolute Gasteiger partial charge is 0.491 e. The average molecular weight is 464 g/mol. The van der Waals surface area contributed by atoms with E-state index in [1.807, 2.05) is 25.1 Å². The molecule has 0 aromatic heterocycles. The van der Waals surface area contributed by atoms with Crippen molar-refractivity contribution < 1.29 is 19.1 Å². The molecule has 0 atom stereocenters. The Labute approximate surface area is 198 Å². The van der Waals surface area contributed by atoms with Gasteiger partial charge in [0.05, 0.1) is 6.61 Å². The number of thiocarbonyl (C=S) groups is 1. The molecule has 3 rings (SSSR count). The molecule has 3 aromatic carbocycles. The zero-order chi connectivity index (χ0) is 23.5. The highest BCUT2D eigenvalue weighted by atomic mass is 32.1. The van der Waals surface area contributed by atoms with Crippen molar-refractivity contribution in [3.05, 3.63) is 90.0 Å². The van der Waals surface area contributed by atoms with E-state index < -0.39 is 0 Å². The van der Waals surface area contributed by atoms with Gasteiger partial charge in [0, 0.05) is 29.1 Å². The van der Waals surface area contributed by atoms with Crippen molar-refractivity contribution in [2.24, 2.45) is 0 Å². The maximum Gasteiger partial charge on any atom is 0.257 e. The van der Waals surface area contributed by atoms with Crippen LogP contribution in [0.4, 0.5) is 11.4 Å². The summed E-state index contributed by atoms with van der Waals surface area (Å²) in [4.78, 5) is 24.6. The third-order valence-corrected chi connectivity index (χ3v) is 4.68. The molecule has 3 N–H and O–H groups in total. The topological polar surface area (TPSA) is 88.7 Å². The van der Waals surface area contributed by atoms with Crippen molar-refractivity contribution in [3.8, 4) is 5.75 Å². The van der Waals surface area contributed by atoms with Crippen LogP contribution < -0.4 is 20.7 Å². The monoisotopic (exact) mass is 463 g/mol. The zero-order valence-electron chi connectivity index (χ0n) is 18.2. The van der Waals surface area contributed by atoms with Crippen LogP contribution in [0.15, 0.2) is 78.9 Å². The number of carbonyl (C=O) groups excluding carboxylic acids is 2. The number of carbonyl (C=O) groups is 2. The van der Waals surface area contributed by atoms with Crippen LogP contribution in [-0.2, 0) is 4.74 Å².